The topological polar surface area (TPSA) is 43.8 Å². The van der Waals surface area contributed by atoms with Gasteiger partial charge < -0.3 is 15.1 Å². The number of nitrogens with one attached hydrogen (secondary N) is 1. The quantitative estimate of drug-likeness (QED) is 0.381. The van der Waals surface area contributed by atoms with E-state index in [4.69, 9.17) is 11.6 Å². The van der Waals surface area contributed by atoms with Crippen LogP contribution < -0.4 is 10.2 Å². The van der Waals surface area contributed by atoms with Crippen molar-refractivity contribution in [2.75, 3.05) is 32.1 Å². The van der Waals surface area contributed by atoms with E-state index < -0.39 is 0 Å². The van der Waals surface area contributed by atoms with Crippen molar-refractivity contribution < 1.29 is 0 Å². The van der Waals surface area contributed by atoms with Crippen LogP contribution in [-0.2, 0) is 13.1 Å². The lowest BCUT2D eigenvalue weighted by atomic mass is 10.2. The third kappa shape index (κ3) is 6.24. The van der Waals surface area contributed by atoms with Crippen molar-refractivity contribution in [1.29, 1.82) is 0 Å². The Balaban J connectivity index is 0.00000261. The van der Waals surface area contributed by atoms with Crippen molar-refractivity contribution in [3.63, 3.8) is 0 Å². The van der Waals surface area contributed by atoms with Crippen LogP contribution in [0.3, 0.4) is 0 Å². The molecule has 1 fully saturated rings. The number of hydrogen-bond acceptors (Lipinski definition) is 3. The smallest absolute Gasteiger partial charge is 0.193 e. The van der Waals surface area contributed by atoms with Gasteiger partial charge in [-0.3, -0.25) is 4.99 Å². The number of aromatic nitrogens is 1. The number of guanidine groups is 1. The number of nitrogens with zero attached hydrogens (tertiary/aromatic N) is 4. The summed E-state index contributed by atoms with van der Waals surface area (Å²) in [5, 5.41) is 4.16. The Bertz CT molecular complexity index is 727. The fraction of sp³-hybridized carbons (Fsp3) is 0.400. The average molecular weight is 500 g/mol. The maximum absolute atomic E-state index is 5.95. The molecule has 1 N–H and O–H groups in total. The number of benzene rings is 1. The van der Waals surface area contributed by atoms with E-state index in [9.17, 15) is 0 Å². The van der Waals surface area contributed by atoms with Gasteiger partial charge in [0.1, 0.15) is 5.82 Å². The second kappa shape index (κ2) is 10.7. The van der Waals surface area contributed by atoms with Gasteiger partial charge in [0.2, 0.25) is 0 Å². The number of hydrogen-bond donors (Lipinski definition) is 1. The van der Waals surface area contributed by atoms with Crippen molar-refractivity contribution >= 4 is 47.4 Å². The highest BCUT2D eigenvalue weighted by Crippen LogP contribution is 2.17. The lowest BCUT2D eigenvalue weighted by Crippen LogP contribution is -2.38. The minimum absolute atomic E-state index is 0. The summed E-state index contributed by atoms with van der Waals surface area (Å²) < 4.78 is 0. The summed E-state index contributed by atoms with van der Waals surface area (Å²) in [4.78, 5) is 13.4. The van der Waals surface area contributed by atoms with Crippen molar-refractivity contribution in [3.8, 4) is 0 Å². The molecule has 1 saturated heterocycles. The predicted octanol–water partition coefficient (Wildman–Crippen LogP) is 4.16. The van der Waals surface area contributed by atoms with E-state index >= 15 is 0 Å². The van der Waals surface area contributed by atoms with Gasteiger partial charge in [0.05, 0.1) is 0 Å². The highest BCUT2D eigenvalue weighted by atomic mass is 127. The second-order valence-corrected chi connectivity index (χ2v) is 7.04. The summed E-state index contributed by atoms with van der Waals surface area (Å²) in [6, 6.07) is 12.1. The van der Waals surface area contributed by atoms with Gasteiger partial charge in [0, 0.05) is 51.5 Å². The van der Waals surface area contributed by atoms with Crippen LogP contribution in [0.15, 0.2) is 47.6 Å². The molecule has 1 aliphatic rings. The van der Waals surface area contributed by atoms with E-state index in [0.717, 1.165) is 42.0 Å². The second-order valence-electron chi connectivity index (χ2n) is 6.60. The molecule has 0 aliphatic carbocycles. The van der Waals surface area contributed by atoms with Crippen LogP contribution in [0.25, 0.3) is 0 Å². The van der Waals surface area contributed by atoms with E-state index in [0.29, 0.717) is 6.54 Å². The summed E-state index contributed by atoms with van der Waals surface area (Å²) in [5.74, 6) is 1.93. The first-order valence-electron chi connectivity index (χ1n) is 9.02. The molecule has 2 aromatic rings. The molecule has 2 heterocycles. The summed E-state index contributed by atoms with van der Waals surface area (Å²) in [6.45, 7) is 3.70. The van der Waals surface area contributed by atoms with Gasteiger partial charge in [-0.1, -0.05) is 29.8 Å². The van der Waals surface area contributed by atoms with Crippen molar-refractivity contribution in [2.24, 2.45) is 4.99 Å². The Morgan fingerprint density at radius 1 is 1.15 bits per heavy atom. The monoisotopic (exact) mass is 499 g/mol. The first-order valence-corrected chi connectivity index (χ1v) is 9.39. The lowest BCUT2D eigenvalue weighted by Gasteiger charge is -2.22. The maximum Gasteiger partial charge on any atom is 0.193 e. The molecule has 0 saturated carbocycles. The molecular weight excluding hydrogens is 473 g/mol. The Morgan fingerprint density at radius 3 is 2.41 bits per heavy atom. The van der Waals surface area contributed by atoms with E-state index in [1.54, 1.807) is 7.05 Å². The molecule has 1 aliphatic heterocycles. The van der Waals surface area contributed by atoms with Crippen LogP contribution >= 0.6 is 35.6 Å². The Kier molecular flexibility index (Phi) is 8.63. The molecule has 146 valence electrons. The average Bonchev–Trinajstić information content (AvgIpc) is 3.19. The standard InChI is InChI=1S/C20H26ClN5.HI/c1-22-20(25(2)15-16-5-8-18(21)9-6-16)24-14-17-7-10-19(23-13-17)26-11-3-4-12-26;/h5-10,13H,3-4,11-12,14-15H2,1-2H3,(H,22,24);1H. The van der Waals surface area contributed by atoms with Crippen LogP contribution in [-0.4, -0.2) is 43.0 Å². The van der Waals surface area contributed by atoms with Gasteiger partial charge in [-0.15, -0.1) is 24.0 Å². The van der Waals surface area contributed by atoms with Crippen LogP contribution in [0.2, 0.25) is 5.02 Å². The zero-order chi connectivity index (χ0) is 18.4. The Hall–Kier alpha value is -1.54. The number of rotatable bonds is 5. The summed E-state index contributed by atoms with van der Waals surface area (Å²) in [5.41, 5.74) is 2.34. The molecule has 1 aromatic heterocycles. The van der Waals surface area contributed by atoms with Crippen LogP contribution in [0, 0.1) is 0 Å². The molecule has 0 spiro atoms. The molecule has 0 radical (unpaired) electrons. The third-order valence-electron chi connectivity index (χ3n) is 4.60. The Labute approximate surface area is 183 Å². The van der Waals surface area contributed by atoms with Crippen LogP contribution in [0.1, 0.15) is 24.0 Å². The van der Waals surface area contributed by atoms with Crippen LogP contribution in [0.5, 0.6) is 0 Å². The highest BCUT2D eigenvalue weighted by Gasteiger charge is 2.13. The van der Waals surface area contributed by atoms with E-state index in [2.05, 4.69) is 37.2 Å². The molecule has 0 amide bonds. The van der Waals surface area contributed by atoms with E-state index in [1.165, 1.54) is 18.4 Å². The molecular formula is C20H27ClIN5. The first kappa shape index (κ1) is 21.8. The SMILES string of the molecule is CN=C(NCc1ccc(N2CCCC2)nc1)N(C)Cc1ccc(Cl)cc1.I. The van der Waals surface area contributed by atoms with Gasteiger partial charge in [-0.05, 0) is 42.2 Å². The summed E-state index contributed by atoms with van der Waals surface area (Å²) >= 11 is 5.95. The van der Waals surface area contributed by atoms with Gasteiger partial charge in [-0.25, -0.2) is 4.98 Å². The largest absolute Gasteiger partial charge is 0.357 e. The summed E-state index contributed by atoms with van der Waals surface area (Å²) in [7, 11) is 3.83. The fourth-order valence-corrected chi connectivity index (χ4v) is 3.28. The number of halogens is 2. The van der Waals surface area contributed by atoms with Gasteiger partial charge >= 0.3 is 0 Å². The molecule has 0 atom stereocenters. The molecule has 0 bridgehead atoms. The first-order chi connectivity index (χ1) is 12.7. The maximum atomic E-state index is 5.95. The van der Waals surface area contributed by atoms with Gasteiger partial charge in [-0.2, -0.15) is 0 Å². The molecule has 1 aromatic carbocycles. The van der Waals surface area contributed by atoms with E-state index in [1.807, 2.05) is 37.5 Å². The van der Waals surface area contributed by atoms with Crippen molar-refractivity contribution in [1.82, 2.24) is 15.2 Å². The third-order valence-corrected chi connectivity index (χ3v) is 4.85. The number of pyridine rings is 1. The minimum Gasteiger partial charge on any atom is -0.357 e. The number of aliphatic imine (C=N–C) groups is 1. The molecule has 5 nitrogen and oxygen atoms in total. The van der Waals surface area contributed by atoms with E-state index in [-0.39, 0.29) is 24.0 Å². The molecule has 27 heavy (non-hydrogen) atoms. The highest BCUT2D eigenvalue weighted by molar-refractivity contribution is 14.0. The zero-order valence-electron chi connectivity index (χ0n) is 15.9. The molecule has 3 rings (SSSR count). The Morgan fingerprint density at radius 2 is 1.81 bits per heavy atom. The van der Waals surface area contributed by atoms with Crippen LogP contribution in [0.4, 0.5) is 5.82 Å². The fourth-order valence-electron chi connectivity index (χ4n) is 3.16. The zero-order valence-corrected chi connectivity index (χ0v) is 18.9. The number of anilines is 1. The lowest BCUT2D eigenvalue weighted by molar-refractivity contribution is 0.476. The normalized spacial score (nSPS) is 14.0. The minimum atomic E-state index is 0. The van der Waals surface area contributed by atoms with Gasteiger partial charge in [0.15, 0.2) is 5.96 Å². The summed E-state index contributed by atoms with van der Waals surface area (Å²) in [6.07, 6.45) is 4.48. The molecule has 0 unspecified atom stereocenters. The predicted molar refractivity (Wildman–Crippen MR) is 124 cm³/mol. The van der Waals surface area contributed by atoms with Gasteiger partial charge in [0.25, 0.3) is 0 Å². The molecule has 7 heteroatoms. The van der Waals surface area contributed by atoms with Crippen molar-refractivity contribution in [2.45, 2.75) is 25.9 Å². The van der Waals surface area contributed by atoms with Crippen molar-refractivity contribution in [3.05, 3.63) is 58.7 Å².